The van der Waals surface area contributed by atoms with E-state index in [0.29, 0.717) is 48.4 Å². The minimum Gasteiger partial charge on any atom is -0.493 e. The van der Waals surface area contributed by atoms with Crippen LogP contribution in [0.4, 0.5) is 5.69 Å². The van der Waals surface area contributed by atoms with Crippen LogP contribution < -0.4 is 9.64 Å². The van der Waals surface area contributed by atoms with Crippen LogP contribution in [-0.2, 0) is 11.3 Å². The van der Waals surface area contributed by atoms with Crippen molar-refractivity contribution in [3.05, 3.63) is 99.8 Å². The molecule has 41 heavy (non-hydrogen) atoms. The predicted octanol–water partition coefficient (Wildman–Crippen LogP) is 6.88. The first kappa shape index (κ1) is 27.1. The molecule has 1 N–H and O–H groups in total. The number of rotatable bonds is 9. The van der Waals surface area contributed by atoms with Crippen LogP contribution in [0, 0.1) is 19.8 Å². The van der Waals surface area contributed by atoms with Crippen LogP contribution >= 0.6 is 11.6 Å². The number of amides is 1. The Morgan fingerprint density at radius 1 is 1.12 bits per heavy atom. The molecule has 1 fully saturated rings. The molecule has 0 bridgehead atoms. The molecule has 1 saturated carbocycles. The third-order valence-electron chi connectivity index (χ3n) is 8.30. The van der Waals surface area contributed by atoms with Gasteiger partial charge in [-0.2, -0.15) is 5.10 Å². The topological polar surface area (TPSA) is 84.7 Å². The molecule has 4 aromatic rings. The van der Waals surface area contributed by atoms with Gasteiger partial charge in [0.25, 0.3) is 0 Å². The molecule has 2 unspecified atom stereocenters. The first-order chi connectivity index (χ1) is 19.8. The van der Waals surface area contributed by atoms with Crippen molar-refractivity contribution in [2.75, 3.05) is 18.1 Å². The summed E-state index contributed by atoms with van der Waals surface area (Å²) in [5.74, 6) is 0.937. The number of nitrogens with zero attached hydrogens (tertiary/aromatic N) is 3. The number of hydrogen-bond acceptors (Lipinski definition) is 4. The number of aromatic nitrogens is 2. The van der Waals surface area contributed by atoms with Gasteiger partial charge in [0.1, 0.15) is 5.75 Å². The third kappa shape index (κ3) is 5.46. The molecule has 2 heterocycles. The Bertz CT molecular complexity index is 1650. The van der Waals surface area contributed by atoms with Crippen molar-refractivity contribution >= 4 is 29.2 Å². The molecule has 1 amide bonds. The van der Waals surface area contributed by atoms with Crippen LogP contribution in [0.1, 0.15) is 57.8 Å². The number of carboxylic acid groups (broad SMARTS) is 1. The Morgan fingerprint density at radius 2 is 1.95 bits per heavy atom. The van der Waals surface area contributed by atoms with Crippen molar-refractivity contribution in [1.29, 1.82) is 0 Å². The highest BCUT2D eigenvalue weighted by Gasteiger charge is 2.47. The summed E-state index contributed by atoms with van der Waals surface area (Å²) in [7, 11) is 0. The highest BCUT2D eigenvalue weighted by Crippen LogP contribution is 2.57. The van der Waals surface area contributed by atoms with Crippen molar-refractivity contribution in [2.24, 2.45) is 5.92 Å². The zero-order chi connectivity index (χ0) is 28.7. The van der Waals surface area contributed by atoms with Crippen LogP contribution in [0.3, 0.4) is 0 Å². The minimum atomic E-state index is -0.994. The maximum Gasteiger partial charge on any atom is 0.335 e. The summed E-state index contributed by atoms with van der Waals surface area (Å²) in [5.41, 5.74) is 7.47. The highest BCUT2D eigenvalue weighted by molar-refractivity contribution is 6.31. The minimum absolute atomic E-state index is 0.127. The molecule has 1 aliphatic carbocycles. The fourth-order valence-electron chi connectivity index (χ4n) is 5.82. The van der Waals surface area contributed by atoms with Gasteiger partial charge in [0.05, 0.1) is 24.9 Å². The van der Waals surface area contributed by atoms with Gasteiger partial charge in [-0.25, -0.2) is 4.79 Å². The summed E-state index contributed by atoms with van der Waals surface area (Å²) in [5, 5.41) is 14.4. The van der Waals surface area contributed by atoms with Gasteiger partial charge in [0.2, 0.25) is 5.91 Å². The van der Waals surface area contributed by atoms with E-state index in [1.165, 1.54) is 17.2 Å². The molecule has 3 aromatic carbocycles. The Balaban J connectivity index is 1.17. The van der Waals surface area contributed by atoms with E-state index in [2.05, 4.69) is 37.1 Å². The van der Waals surface area contributed by atoms with Crippen LogP contribution in [0.5, 0.6) is 5.75 Å². The molecule has 0 radical (unpaired) electrons. The van der Waals surface area contributed by atoms with E-state index in [-0.39, 0.29) is 11.5 Å². The first-order valence-corrected chi connectivity index (χ1v) is 14.3. The average molecular weight is 570 g/mol. The lowest BCUT2D eigenvalue weighted by molar-refractivity contribution is -0.119. The van der Waals surface area contributed by atoms with Crippen LogP contribution in [-0.4, -0.2) is 39.9 Å². The Hall–Kier alpha value is -4.10. The van der Waals surface area contributed by atoms with Gasteiger partial charge in [-0.1, -0.05) is 35.9 Å². The maximum absolute atomic E-state index is 13.4. The van der Waals surface area contributed by atoms with E-state index >= 15 is 0 Å². The molecular weight excluding hydrogens is 538 g/mol. The third-order valence-corrected chi connectivity index (χ3v) is 8.67. The largest absolute Gasteiger partial charge is 0.493 e. The molecule has 0 spiro atoms. The number of carbonyl (C=O) groups excluding carboxylic acids is 1. The smallest absolute Gasteiger partial charge is 0.335 e. The molecule has 7 nitrogen and oxygen atoms in total. The molecule has 210 valence electrons. The second-order valence-electron chi connectivity index (χ2n) is 11.0. The highest BCUT2D eigenvalue weighted by atomic mass is 35.5. The van der Waals surface area contributed by atoms with Crippen molar-refractivity contribution < 1.29 is 19.4 Å². The van der Waals surface area contributed by atoms with Crippen molar-refractivity contribution in [3.63, 3.8) is 0 Å². The zero-order valence-corrected chi connectivity index (χ0v) is 23.9. The summed E-state index contributed by atoms with van der Waals surface area (Å²) >= 11 is 6.35. The number of anilines is 1. The van der Waals surface area contributed by atoms with E-state index in [0.717, 1.165) is 41.1 Å². The monoisotopic (exact) mass is 569 g/mol. The number of carbonyl (C=O) groups is 2. The summed E-state index contributed by atoms with van der Waals surface area (Å²) in [6.07, 6.45) is 5.95. The fourth-order valence-corrected chi connectivity index (χ4v) is 5.99. The second kappa shape index (κ2) is 11.1. The van der Waals surface area contributed by atoms with E-state index in [1.54, 1.807) is 16.8 Å². The summed E-state index contributed by atoms with van der Waals surface area (Å²) in [6, 6.07) is 16.9. The summed E-state index contributed by atoms with van der Waals surface area (Å²) in [6.45, 7) is 5.74. The molecule has 2 aliphatic rings. The van der Waals surface area contributed by atoms with Gasteiger partial charge in [-0.05, 0) is 96.7 Å². The summed E-state index contributed by atoms with van der Waals surface area (Å²) < 4.78 is 7.76. The van der Waals surface area contributed by atoms with Crippen LogP contribution in [0.25, 0.3) is 11.1 Å². The number of fused-ring (bicyclic) bond motifs is 3. The predicted molar refractivity (Wildman–Crippen MR) is 159 cm³/mol. The van der Waals surface area contributed by atoms with Gasteiger partial charge >= 0.3 is 5.97 Å². The van der Waals surface area contributed by atoms with Crippen molar-refractivity contribution in [1.82, 2.24) is 9.78 Å². The Morgan fingerprint density at radius 3 is 2.78 bits per heavy atom. The van der Waals surface area contributed by atoms with Gasteiger partial charge in [0, 0.05) is 35.4 Å². The molecule has 8 heteroatoms. The normalized spacial score (nSPS) is 17.1. The number of aromatic carboxylic acids is 1. The van der Waals surface area contributed by atoms with E-state index < -0.39 is 5.97 Å². The van der Waals surface area contributed by atoms with Gasteiger partial charge in [0.15, 0.2) is 0 Å². The molecular formula is C33H32ClN3O4. The lowest BCUT2D eigenvalue weighted by Crippen LogP contribution is -2.36. The van der Waals surface area contributed by atoms with Crippen LogP contribution in [0.15, 0.2) is 67.0 Å². The number of aryl methyl sites for hydroxylation is 1. The summed E-state index contributed by atoms with van der Waals surface area (Å²) in [4.78, 5) is 26.8. The first-order valence-electron chi connectivity index (χ1n) is 14.0. The molecule has 2 atom stereocenters. The van der Waals surface area contributed by atoms with Crippen molar-refractivity contribution in [2.45, 2.75) is 45.6 Å². The zero-order valence-electron chi connectivity index (χ0n) is 23.1. The van der Waals surface area contributed by atoms with Gasteiger partial charge in [-0.15, -0.1) is 0 Å². The van der Waals surface area contributed by atoms with Gasteiger partial charge in [-0.3, -0.25) is 9.48 Å². The van der Waals surface area contributed by atoms with Gasteiger partial charge < -0.3 is 14.7 Å². The average Bonchev–Trinajstić information content (AvgIpc) is 3.61. The van der Waals surface area contributed by atoms with E-state index in [9.17, 15) is 14.7 Å². The second-order valence-corrected chi connectivity index (χ2v) is 11.4. The Kier molecular flexibility index (Phi) is 7.30. The lowest BCUT2D eigenvalue weighted by Gasteiger charge is -2.30. The molecule has 6 rings (SSSR count). The lowest BCUT2D eigenvalue weighted by atomic mass is 9.92. The number of halogens is 1. The quantitative estimate of drug-likeness (QED) is 0.222. The number of ether oxygens (including phenoxy) is 1. The maximum atomic E-state index is 13.4. The van der Waals surface area contributed by atoms with Crippen molar-refractivity contribution in [3.8, 4) is 16.9 Å². The standard InChI is InChI=1S/C33H32ClN3O4/c1-20-6-3-9-30(21(20)2)41-13-5-10-31(38)37-19-23-15-27(23)32-26(7-4-8-29(32)37)25-16-35-36(18-25)17-24-14-22(33(39)40)11-12-28(24)34/h3-4,6-9,11-12,14,16,18,23,27H,5,10,13,15,17,19H2,1-2H3,(H,39,40). The Labute approximate surface area is 244 Å². The van der Waals surface area contributed by atoms with Crippen LogP contribution in [0.2, 0.25) is 5.02 Å². The fraction of sp³-hybridized carbons (Fsp3) is 0.303. The SMILES string of the molecule is Cc1cccc(OCCCC(=O)N2CC3CC3c3c(-c4cnn(Cc5cc(C(=O)O)ccc5Cl)c4)cccc32)c1C. The van der Waals surface area contributed by atoms with E-state index in [1.807, 2.05) is 35.5 Å². The number of hydrogen-bond donors (Lipinski definition) is 1. The number of benzene rings is 3. The molecule has 1 aromatic heterocycles. The molecule has 0 saturated heterocycles. The number of carboxylic acids is 1. The van der Waals surface area contributed by atoms with E-state index in [4.69, 9.17) is 16.3 Å². The molecule has 1 aliphatic heterocycles.